The summed E-state index contributed by atoms with van der Waals surface area (Å²) in [6.45, 7) is 7.97. The molecule has 4 nitrogen and oxygen atoms in total. The largest absolute Gasteiger partial charge is 0.392 e. The predicted octanol–water partition coefficient (Wildman–Crippen LogP) is 2.83. The van der Waals surface area contributed by atoms with Crippen LogP contribution in [-0.4, -0.2) is 35.8 Å². The molecule has 0 bridgehead atoms. The number of rotatable bonds is 7. The highest BCUT2D eigenvalue weighted by molar-refractivity contribution is 5.14. The molecule has 1 saturated heterocycles. The Bertz CT molecular complexity index is 495. The van der Waals surface area contributed by atoms with Crippen LogP contribution in [0.5, 0.6) is 0 Å². The molecule has 0 aliphatic carbocycles. The van der Waals surface area contributed by atoms with Gasteiger partial charge in [0.1, 0.15) is 18.3 Å². The van der Waals surface area contributed by atoms with Crippen molar-refractivity contribution < 1.29 is 19.3 Å². The zero-order chi connectivity index (χ0) is 16.0. The summed E-state index contributed by atoms with van der Waals surface area (Å²) in [5.41, 5.74) is 1.08. The maximum Gasteiger partial charge on any atom is 0.164 e. The first kappa shape index (κ1) is 16.9. The Morgan fingerprint density at radius 2 is 2.05 bits per heavy atom. The van der Waals surface area contributed by atoms with Crippen LogP contribution in [0.3, 0.4) is 0 Å². The van der Waals surface area contributed by atoms with Crippen LogP contribution in [0.1, 0.15) is 19.4 Å². The van der Waals surface area contributed by atoms with Gasteiger partial charge in [0.25, 0.3) is 0 Å². The van der Waals surface area contributed by atoms with Crippen molar-refractivity contribution in [3.8, 4) is 0 Å². The molecule has 0 saturated carbocycles. The molecule has 0 spiro atoms. The lowest BCUT2D eigenvalue weighted by atomic mass is 10.1. The first-order chi connectivity index (χ1) is 10.6. The van der Waals surface area contributed by atoms with Crippen molar-refractivity contribution in [2.24, 2.45) is 0 Å². The van der Waals surface area contributed by atoms with Crippen LogP contribution in [0.15, 0.2) is 55.1 Å². The molecule has 1 aromatic rings. The summed E-state index contributed by atoms with van der Waals surface area (Å²) in [6, 6.07) is 9.93. The van der Waals surface area contributed by atoms with Gasteiger partial charge in [0.2, 0.25) is 0 Å². The molecule has 2 rings (SSSR count). The van der Waals surface area contributed by atoms with Gasteiger partial charge in [0.05, 0.1) is 13.2 Å². The van der Waals surface area contributed by atoms with Crippen molar-refractivity contribution in [3.63, 3.8) is 0 Å². The Labute approximate surface area is 132 Å². The fraction of sp³-hybridized carbons (Fsp3) is 0.444. The Morgan fingerprint density at radius 1 is 1.32 bits per heavy atom. The molecule has 1 fully saturated rings. The molecule has 1 aromatic carbocycles. The van der Waals surface area contributed by atoms with Crippen LogP contribution in [0.25, 0.3) is 0 Å². The molecule has 4 heteroatoms. The maximum atomic E-state index is 9.03. The number of hydrogen-bond acceptors (Lipinski definition) is 4. The third-order valence-corrected chi connectivity index (χ3v) is 3.44. The summed E-state index contributed by atoms with van der Waals surface area (Å²) in [5, 5.41) is 9.03. The Kier molecular flexibility index (Phi) is 5.91. The summed E-state index contributed by atoms with van der Waals surface area (Å²) < 4.78 is 17.7. The van der Waals surface area contributed by atoms with E-state index in [1.165, 1.54) is 0 Å². The summed E-state index contributed by atoms with van der Waals surface area (Å²) >= 11 is 0. The molecule has 0 unspecified atom stereocenters. The van der Waals surface area contributed by atoms with E-state index in [1.807, 2.05) is 50.3 Å². The summed E-state index contributed by atoms with van der Waals surface area (Å²) in [7, 11) is 0. The molecule has 22 heavy (non-hydrogen) atoms. The Morgan fingerprint density at radius 3 is 2.68 bits per heavy atom. The number of ether oxygens (including phenoxy) is 3. The van der Waals surface area contributed by atoms with E-state index in [2.05, 4.69) is 6.58 Å². The quantitative estimate of drug-likeness (QED) is 0.787. The van der Waals surface area contributed by atoms with Crippen LogP contribution in [0.4, 0.5) is 0 Å². The maximum absolute atomic E-state index is 9.03. The molecule has 0 radical (unpaired) electrons. The van der Waals surface area contributed by atoms with E-state index >= 15 is 0 Å². The van der Waals surface area contributed by atoms with Crippen molar-refractivity contribution in [3.05, 3.63) is 60.7 Å². The van der Waals surface area contributed by atoms with Crippen molar-refractivity contribution in [1.29, 1.82) is 0 Å². The minimum atomic E-state index is -0.676. The summed E-state index contributed by atoms with van der Waals surface area (Å²) in [4.78, 5) is 0. The van der Waals surface area contributed by atoms with Crippen LogP contribution in [0, 0.1) is 0 Å². The molecular weight excluding hydrogens is 280 g/mol. The third kappa shape index (κ3) is 4.52. The van der Waals surface area contributed by atoms with E-state index in [-0.39, 0.29) is 24.9 Å². The molecule has 1 heterocycles. The van der Waals surface area contributed by atoms with Gasteiger partial charge in [-0.3, -0.25) is 0 Å². The van der Waals surface area contributed by atoms with Crippen LogP contribution in [0.2, 0.25) is 0 Å². The summed E-state index contributed by atoms with van der Waals surface area (Å²) in [6.07, 6.45) is 4.33. The van der Waals surface area contributed by atoms with Crippen molar-refractivity contribution in [2.45, 2.75) is 44.6 Å². The van der Waals surface area contributed by atoms with Crippen LogP contribution < -0.4 is 0 Å². The van der Waals surface area contributed by atoms with Crippen molar-refractivity contribution >= 4 is 0 Å². The van der Waals surface area contributed by atoms with Crippen LogP contribution >= 0.6 is 0 Å². The monoisotopic (exact) mass is 304 g/mol. The van der Waals surface area contributed by atoms with Crippen molar-refractivity contribution in [1.82, 2.24) is 0 Å². The van der Waals surface area contributed by atoms with E-state index in [4.69, 9.17) is 19.3 Å². The average molecular weight is 304 g/mol. The fourth-order valence-corrected chi connectivity index (χ4v) is 2.48. The average Bonchev–Trinajstić information content (AvgIpc) is 2.83. The van der Waals surface area contributed by atoms with Gasteiger partial charge in [0.15, 0.2) is 5.79 Å². The molecule has 1 aliphatic heterocycles. The molecular formula is C18H24O4. The van der Waals surface area contributed by atoms with Crippen molar-refractivity contribution in [2.75, 3.05) is 6.61 Å². The normalized spacial score (nSPS) is 25.4. The Hall–Kier alpha value is -1.46. The van der Waals surface area contributed by atoms with Gasteiger partial charge in [0, 0.05) is 0 Å². The molecule has 3 atom stereocenters. The van der Waals surface area contributed by atoms with Gasteiger partial charge in [-0.05, 0) is 19.4 Å². The Balaban J connectivity index is 2.08. The first-order valence-corrected chi connectivity index (χ1v) is 7.47. The number of aliphatic hydroxyl groups excluding tert-OH is 1. The molecule has 1 N–H and O–H groups in total. The third-order valence-electron chi connectivity index (χ3n) is 3.44. The number of benzene rings is 1. The highest BCUT2D eigenvalue weighted by Gasteiger charge is 2.43. The highest BCUT2D eigenvalue weighted by Crippen LogP contribution is 2.32. The second kappa shape index (κ2) is 7.70. The van der Waals surface area contributed by atoms with E-state index in [0.29, 0.717) is 6.61 Å². The van der Waals surface area contributed by atoms with Gasteiger partial charge in [-0.2, -0.15) is 0 Å². The van der Waals surface area contributed by atoms with E-state index in [9.17, 15) is 0 Å². The number of aliphatic hydroxyl groups is 1. The number of hydrogen-bond donors (Lipinski definition) is 1. The van der Waals surface area contributed by atoms with Gasteiger partial charge >= 0.3 is 0 Å². The van der Waals surface area contributed by atoms with Gasteiger partial charge in [-0.15, -0.1) is 6.58 Å². The molecule has 1 aliphatic rings. The zero-order valence-corrected chi connectivity index (χ0v) is 13.1. The topological polar surface area (TPSA) is 47.9 Å². The van der Waals surface area contributed by atoms with Crippen LogP contribution in [-0.2, 0) is 20.8 Å². The SMILES string of the molecule is C=C[C@@H]1OC(C)(C)O[C@@H]1[C@H](/C=C/CO)OCc1ccccc1. The second-order valence-corrected chi connectivity index (χ2v) is 5.67. The first-order valence-electron chi connectivity index (χ1n) is 7.47. The fourth-order valence-electron chi connectivity index (χ4n) is 2.48. The highest BCUT2D eigenvalue weighted by atomic mass is 16.8. The predicted molar refractivity (Wildman–Crippen MR) is 85.3 cm³/mol. The van der Waals surface area contributed by atoms with E-state index < -0.39 is 5.79 Å². The van der Waals surface area contributed by atoms with E-state index in [0.717, 1.165) is 5.56 Å². The van der Waals surface area contributed by atoms with Gasteiger partial charge in [-0.25, -0.2) is 0 Å². The van der Waals surface area contributed by atoms with Gasteiger partial charge < -0.3 is 19.3 Å². The lowest BCUT2D eigenvalue weighted by molar-refractivity contribution is -0.154. The lowest BCUT2D eigenvalue weighted by Crippen LogP contribution is -2.35. The molecule has 0 amide bonds. The second-order valence-electron chi connectivity index (χ2n) is 5.67. The minimum absolute atomic E-state index is 0.0408. The standard InChI is InChI=1S/C18H24O4/c1-4-15-17(22-18(2,3)21-15)16(11-8-12-19)20-13-14-9-6-5-7-10-14/h4-11,15-17,19H,1,12-13H2,2-3H3/b11-8+/t15-,16-,17-/m0/s1. The zero-order valence-electron chi connectivity index (χ0n) is 13.1. The van der Waals surface area contributed by atoms with Gasteiger partial charge in [-0.1, -0.05) is 48.6 Å². The lowest BCUT2D eigenvalue weighted by Gasteiger charge is -2.23. The minimum Gasteiger partial charge on any atom is -0.392 e. The van der Waals surface area contributed by atoms with E-state index in [1.54, 1.807) is 12.2 Å². The molecule has 120 valence electrons. The smallest absolute Gasteiger partial charge is 0.164 e. The summed E-state index contributed by atoms with van der Waals surface area (Å²) in [5.74, 6) is -0.676. The molecule has 0 aromatic heterocycles.